The lowest BCUT2D eigenvalue weighted by molar-refractivity contribution is 0.0600. The normalized spacial score (nSPS) is 18.3. The standard InChI is InChI=1S/C22H21N3O4S/c1-28-21(27)15-7-5-14(6-8-15)17-9-10-18(29-17)20-19(16-4-2-3-11-23-16)24-22(30)25(20)12-13-26/h2-11,19-20,26H,12-13H2,1H3,(H,24,30)/t19-,20-/m0/s1. The van der Waals surface area contributed by atoms with Crippen LogP contribution < -0.4 is 5.32 Å². The van der Waals surface area contributed by atoms with Crippen molar-refractivity contribution in [2.75, 3.05) is 20.3 Å². The van der Waals surface area contributed by atoms with Gasteiger partial charge in [0.15, 0.2) is 5.11 Å². The highest BCUT2D eigenvalue weighted by molar-refractivity contribution is 7.80. The second kappa shape index (κ2) is 8.64. The highest BCUT2D eigenvalue weighted by atomic mass is 32.1. The van der Waals surface area contributed by atoms with Gasteiger partial charge >= 0.3 is 5.97 Å². The summed E-state index contributed by atoms with van der Waals surface area (Å²) >= 11 is 5.50. The van der Waals surface area contributed by atoms with Crippen LogP contribution in [0.1, 0.15) is 33.9 Å². The molecule has 2 atom stereocenters. The Morgan fingerprint density at radius 3 is 2.70 bits per heavy atom. The molecule has 0 unspecified atom stereocenters. The summed E-state index contributed by atoms with van der Waals surface area (Å²) in [7, 11) is 1.35. The van der Waals surface area contributed by atoms with E-state index in [0.29, 0.717) is 28.7 Å². The van der Waals surface area contributed by atoms with Crippen molar-refractivity contribution in [3.05, 3.63) is 77.8 Å². The van der Waals surface area contributed by atoms with E-state index in [0.717, 1.165) is 11.3 Å². The lowest BCUT2D eigenvalue weighted by Crippen LogP contribution is -2.32. The lowest BCUT2D eigenvalue weighted by Gasteiger charge is -2.25. The topological polar surface area (TPSA) is 87.8 Å². The summed E-state index contributed by atoms with van der Waals surface area (Å²) in [6.07, 6.45) is 1.74. The van der Waals surface area contributed by atoms with E-state index in [1.807, 2.05) is 47.4 Å². The first kappa shape index (κ1) is 20.1. The van der Waals surface area contributed by atoms with Gasteiger partial charge in [0.2, 0.25) is 0 Å². The van der Waals surface area contributed by atoms with Gasteiger partial charge in [-0.05, 0) is 48.6 Å². The van der Waals surface area contributed by atoms with Gasteiger partial charge in [-0.1, -0.05) is 18.2 Å². The Morgan fingerprint density at radius 2 is 2.03 bits per heavy atom. The van der Waals surface area contributed by atoms with Crippen molar-refractivity contribution in [1.82, 2.24) is 15.2 Å². The molecule has 1 fully saturated rings. The summed E-state index contributed by atoms with van der Waals surface area (Å²) in [5, 5.41) is 13.4. The van der Waals surface area contributed by atoms with Gasteiger partial charge in [-0.2, -0.15) is 0 Å². The minimum atomic E-state index is -0.384. The van der Waals surface area contributed by atoms with Crippen LogP contribution in [-0.2, 0) is 4.74 Å². The Bertz CT molecular complexity index is 1040. The zero-order valence-electron chi connectivity index (χ0n) is 16.3. The van der Waals surface area contributed by atoms with Gasteiger partial charge in [-0.15, -0.1) is 0 Å². The largest absolute Gasteiger partial charge is 0.465 e. The molecule has 7 nitrogen and oxygen atoms in total. The number of esters is 1. The molecular formula is C22H21N3O4S. The van der Waals surface area contributed by atoms with Crippen molar-refractivity contribution in [3.8, 4) is 11.3 Å². The van der Waals surface area contributed by atoms with Crippen molar-refractivity contribution < 1.29 is 19.1 Å². The molecule has 30 heavy (non-hydrogen) atoms. The van der Waals surface area contributed by atoms with Crippen LogP contribution in [0.15, 0.2) is 65.2 Å². The number of hydrogen-bond donors (Lipinski definition) is 2. The molecule has 0 spiro atoms. The van der Waals surface area contributed by atoms with Gasteiger partial charge in [0.25, 0.3) is 0 Å². The molecule has 1 aromatic carbocycles. The smallest absolute Gasteiger partial charge is 0.337 e. The van der Waals surface area contributed by atoms with Crippen LogP contribution in [0.2, 0.25) is 0 Å². The number of thiocarbonyl (C=S) groups is 1. The third kappa shape index (κ3) is 3.79. The fraction of sp³-hybridized carbons (Fsp3) is 0.227. The first-order chi connectivity index (χ1) is 14.6. The number of ether oxygens (including phenoxy) is 1. The number of furan rings is 1. The monoisotopic (exact) mass is 423 g/mol. The van der Waals surface area contributed by atoms with Crippen molar-refractivity contribution >= 4 is 23.3 Å². The maximum atomic E-state index is 11.6. The molecule has 0 saturated carbocycles. The summed E-state index contributed by atoms with van der Waals surface area (Å²) in [5.74, 6) is 0.992. The third-order valence-corrected chi connectivity index (χ3v) is 5.40. The van der Waals surface area contributed by atoms with E-state index in [-0.39, 0.29) is 24.7 Å². The summed E-state index contributed by atoms with van der Waals surface area (Å²) in [6.45, 7) is 0.347. The predicted octanol–water partition coefficient (Wildman–Crippen LogP) is 3.09. The van der Waals surface area contributed by atoms with E-state index in [1.54, 1.807) is 18.3 Å². The number of carbonyl (C=O) groups excluding carboxylic acids is 1. The molecule has 0 radical (unpaired) electrons. The molecule has 1 aliphatic rings. The molecule has 1 saturated heterocycles. The predicted molar refractivity (Wildman–Crippen MR) is 115 cm³/mol. The molecular weight excluding hydrogens is 402 g/mol. The Labute approximate surface area is 179 Å². The number of benzene rings is 1. The molecule has 3 heterocycles. The summed E-state index contributed by atoms with van der Waals surface area (Å²) in [4.78, 5) is 18.0. The van der Waals surface area contributed by atoms with Crippen molar-refractivity contribution in [1.29, 1.82) is 0 Å². The molecule has 8 heteroatoms. The Hall–Kier alpha value is -3.23. The van der Waals surface area contributed by atoms with Crippen LogP contribution in [-0.4, -0.2) is 46.3 Å². The van der Waals surface area contributed by atoms with Crippen molar-refractivity contribution in [3.63, 3.8) is 0 Å². The first-order valence-electron chi connectivity index (χ1n) is 9.50. The van der Waals surface area contributed by atoms with Crippen LogP contribution in [0.3, 0.4) is 0 Å². The number of rotatable bonds is 6. The number of aromatic nitrogens is 1. The van der Waals surface area contributed by atoms with E-state index < -0.39 is 0 Å². The van der Waals surface area contributed by atoms with E-state index in [2.05, 4.69) is 10.3 Å². The molecule has 154 valence electrons. The fourth-order valence-electron chi connectivity index (χ4n) is 3.62. The third-order valence-electron chi connectivity index (χ3n) is 5.05. The van der Waals surface area contributed by atoms with E-state index in [9.17, 15) is 9.90 Å². The maximum Gasteiger partial charge on any atom is 0.337 e. The van der Waals surface area contributed by atoms with Crippen molar-refractivity contribution in [2.24, 2.45) is 0 Å². The van der Waals surface area contributed by atoms with Crippen LogP contribution in [0.25, 0.3) is 11.3 Å². The van der Waals surface area contributed by atoms with Gasteiger partial charge < -0.3 is 24.5 Å². The summed E-state index contributed by atoms with van der Waals surface area (Å²) in [6, 6.07) is 16.1. The second-order valence-corrected chi connectivity index (χ2v) is 7.20. The Morgan fingerprint density at radius 1 is 1.23 bits per heavy atom. The minimum Gasteiger partial charge on any atom is -0.465 e. The number of nitrogens with zero attached hydrogens (tertiary/aromatic N) is 2. The van der Waals surface area contributed by atoms with Gasteiger partial charge in [0, 0.05) is 18.3 Å². The highest BCUT2D eigenvalue weighted by Gasteiger charge is 2.41. The zero-order chi connectivity index (χ0) is 21.1. The van der Waals surface area contributed by atoms with Crippen molar-refractivity contribution in [2.45, 2.75) is 12.1 Å². The SMILES string of the molecule is COC(=O)c1ccc(-c2ccc([C@H]3[C@H](c4ccccn4)NC(=S)N3CCO)o2)cc1. The minimum absolute atomic E-state index is 0.0319. The molecule has 0 aliphatic carbocycles. The summed E-state index contributed by atoms with van der Waals surface area (Å²) in [5.41, 5.74) is 2.15. The molecule has 3 aromatic rings. The number of β-amino-alcohol motifs (C(OH)–C–C–N with tert-alkyl or cyclic N) is 1. The average Bonchev–Trinajstić information content (AvgIpc) is 3.39. The lowest BCUT2D eigenvalue weighted by atomic mass is 10.0. The van der Waals surface area contributed by atoms with Gasteiger partial charge in [-0.25, -0.2) is 4.79 Å². The summed E-state index contributed by atoms with van der Waals surface area (Å²) < 4.78 is 10.9. The van der Waals surface area contributed by atoms with Crippen LogP contribution in [0.4, 0.5) is 0 Å². The van der Waals surface area contributed by atoms with Gasteiger partial charge in [0.05, 0.1) is 31.0 Å². The number of carbonyl (C=O) groups is 1. The maximum absolute atomic E-state index is 11.6. The Balaban J connectivity index is 1.66. The number of nitrogens with one attached hydrogen (secondary N) is 1. The quantitative estimate of drug-likeness (QED) is 0.462. The average molecular weight is 423 g/mol. The molecule has 4 rings (SSSR count). The zero-order valence-corrected chi connectivity index (χ0v) is 17.1. The molecule has 0 amide bonds. The molecule has 1 aliphatic heterocycles. The highest BCUT2D eigenvalue weighted by Crippen LogP contribution is 2.40. The van der Waals surface area contributed by atoms with E-state index in [1.165, 1.54) is 7.11 Å². The number of aliphatic hydroxyl groups excluding tert-OH is 1. The fourth-order valence-corrected chi connectivity index (χ4v) is 3.95. The second-order valence-electron chi connectivity index (χ2n) is 6.81. The molecule has 2 aromatic heterocycles. The van der Waals surface area contributed by atoms with Gasteiger partial charge in [0.1, 0.15) is 17.6 Å². The number of aliphatic hydroxyl groups is 1. The van der Waals surface area contributed by atoms with Crippen LogP contribution in [0, 0.1) is 0 Å². The first-order valence-corrected chi connectivity index (χ1v) is 9.90. The van der Waals surface area contributed by atoms with E-state index >= 15 is 0 Å². The number of methoxy groups -OCH3 is 1. The molecule has 0 bridgehead atoms. The molecule has 2 N–H and O–H groups in total. The number of pyridine rings is 1. The number of hydrogen-bond acceptors (Lipinski definition) is 6. The van der Waals surface area contributed by atoms with E-state index in [4.69, 9.17) is 21.4 Å². The Kier molecular flexibility index (Phi) is 5.78. The van der Waals surface area contributed by atoms with Crippen LogP contribution >= 0.6 is 12.2 Å². The van der Waals surface area contributed by atoms with Gasteiger partial charge in [-0.3, -0.25) is 4.98 Å². The van der Waals surface area contributed by atoms with Crippen LogP contribution in [0.5, 0.6) is 0 Å².